The molecule has 0 aliphatic rings. The van der Waals surface area contributed by atoms with Crippen molar-refractivity contribution in [3.05, 3.63) is 29.0 Å². The molecule has 1 unspecified atom stereocenters. The third-order valence-corrected chi connectivity index (χ3v) is 2.30. The molecule has 0 fully saturated rings. The largest absolute Gasteiger partial charge is 0.325 e. The van der Waals surface area contributed by atoms with Crippen LogP contribution in [0, 0.1) is 5.82 Å². The van der Waals surface area contributed by atoms with Gasteiger partial charge >= 0.3 is 6.03 Å². The summed E-state index contributed by atoms with van der Waals surface area (Å²) in [6.07, 6.45) is 0. The molecule has 1 atom stereocenters. The van der Waals surface area contributed by atoms with Gasteiger partial charge in [-0.15, -0.1) is 11.6 Å². The zero-order valence-corrected chi connectivity index (χ0v) is 10.3. The molecule has 1 aromatic rings. The van der Waals surface area contributed by atoms with Gasteiger partial charge in [0.25, 0.3) is 0 Å². The number of hydrogen-bond acceptors (Lipinski definition) is 2. The van der Waals surface area contributed by atoms with E-state index in [1.165, 1.54) is 13.0 Å². The number of alkyl halides is 1. The first kappa shape index (κ1) is 13.7. The molecule has 0 aromatic heterocycles. The van der Waals surface area contributed by atoms with E-state index in [4.69, 9.17) is 23.2 Å². The molecule has 0 spiro atoms. The summed E-state index contributed by atoms with van der Waals surface area (Å²) in [4.78, 5) is 22.4. The predicted octanol–water partition coefficient (Wildman–Crippen LogP) is 2.75. The number of carbonyl (C=O) groups excluding carboxylic acids is 2. The van der Waals surface area contributed by atoms with Crippen molar-refractivity contribution >= 4 is 40.8 Å². The van der Waals surface area contributed by atoms with Gasteiger partial charge in [-0.3, -0.25) is 10.1 Å². The number of amides is 3. The Hall–Kier alpha value is -1.33. The molecular formula is C10H9Cl2FN2O2. The van der Waals surface area contributed by atoms with Crippen LogP contribution in [0.5, 0.6) is 0 Å². The molecule has 3 amide bonds. The molecule has 2 N–H and O–H groups in total. The van der Waals surface area contributed by atoms with Gasteiger partial charge in [0.15, 0.2) is 0 Å². The Bertz CT molecular complexity index is 452. The summed E-state index contributed by atoms with van der Waals surface area (Å²) >= 11 is 11.2. The van der Waals surface area contributed by atoms with Crippen LogP contribution in [0.15, 0.2) is 18.2 Å². The van der Waals surface area contributed by atoms with Crippen LogP contribution in [0.4, 0.5) is 14.9 Å². The fourth-order valence-corrected chi connectivity index (χ4v) is 1.18. The molecule has 0 heterocycles. The van der Waals surface area contributed by atoms with E-state index in [1.54, 1.807) is 0 Å². The Morgan fingerprint density at radius 1 is 1.41 bits per heavy atom. The number of urea groups is 1. The van der Waals surface area contributed by atoms with Gasteiger partial charge in [-0.1, -0.05) is 11.6 Å². The molecule has 1 aromatic carbocycles. The van der Waals surface area contributed by atoms with Crippen molar-refractivity contribution in [2.24, 2.45) is 0 Å². The predicted molar refractivity (Wildman–Crippen MR) is 63.9 cm³/mol. The second kappa shape index (κ2) is 5.84. The van der Waals surface area contributed by atoms with Gasteiger partial charge in [0, 0.05) is 0 Å². The zero-order chi connectivity index (χ0) is 13.0. The van der Waals surface area contributed by atoms with E-state index in [0.717, 1.165) is 12.1 Å². The number of imide groups is 1. The number of benzene rings is 1. The first-order chi connectivity index (χ1) is 7.90. The van der Waals surface area contributed by atoms with E-state index < -0.39 is 23.1 Å². The number of halogens is 3. The van der Waals surface area contributed by atoms with Crippen LogP contribution in [-0.4, -0.2) is 17.3 Å². The average molecular weight is 279 g/mol. The monoisotopic (exact) mass is 278 g/mol. The van der Waals surface area contributed by atoms with E-state index in [1.807, 2.05) is 5.32 Å². The lowest BCUT2D eigenvalue weighted by Gasteiger charge is -2.08. The van der Waals surface area contributed by atoms with Crippen molar-refractivity contribution < 1.29 is 14.0 Å². The second-order valence-electron chi connectivity index (χ2n) is 3.18. The molecule has 0 aliphatic heterocycles. The molecule has 0 saturated carbocycles. The lowest BCUT2D eigenvalue weighted by molar-refractivity contribution is -0.119. The number of rotatable bonds is 2. The molecule has 1 rings (SSSR count). The van der Waals surface area contributed by atoms with Crippen molar-refractivity contribution in [2.75, 3.05) is 5.32 Å². The molecule has 4 nitrogen and oxygen atoms in total. The van der Waals surface area contributed by atoms with Crippen molar-refractivity contribution in [3.63, 3.8) is 0 Å². The topological polar surface area (TPSA) is 58.2 Å². The quantitative estimate of drug-likeness (QED) is 0.818. The van der Waals surface area contributed by atoms with Gasteiger partial charge in [-0.2, -0.15) is 0 Å². The minimum absolute atomic E-state index is 0.0687. The molecule has 7 heteroatoms. The van der Waals surface area contributed by atoms with Gasteiger partial charge in [0.2, 0.25) is 5.91 Å². The van der Waals surface area contributed by atoms with Crippen LogP contribution in [0.2, 0.25) is 5.02 Å². The lowest BCUT2D eigenvalue weighted by Crippen LogP contribution is -2.38. The highest BCUT2D eigenvalue weighted by molar-refractivity contribution is 6.34. The van der Waals surface area contributed by atoms with Crippen LogP contribution in [0.3, 0.4) is 0 Å². The fourth-order valence-electron chi connectivity index (χ4n) is 0.958. The van der Waals surface area contributed by atoms with Crippen molar-refractivity contribution in [1.29, 1.82) is 0 Å². The Morgan fingerprint density at radius 2 is 2.06 bits per heavy atom. The number of anilines is 1. The number of hydrogen-bond donors (Lipinski definition) is 2. The summed E-state index contributed by atoms with van der Waals surface area (Å²) in [6, 6.07) is 2.65. The molecule has 0 saturated heterocycles. The van der Waals surface area contributed by atoms with Gasteiger partial charge < -0.3 is 5.32 Å². The van der Waals surface area contributed by atoms with Crippen LogP contribution in [0.1, 0.15) is 6.92 Å². The van der Waals surface area contributed by atoms with Crippen molar-refractivity contribution in [3.8, 4) is 0 Å². The maximum absolute atomic E-state index is 12.9. The third-order valence-electron chi connectivity index (χ3n) is 1.77. The Balaban J connectivity index is 2.68. The molecular weight excluding hydrogens is 270 g/mol. The second-order valence-corrected chi connectivity index (χ2v) is 4.25. The van der Waals surface area contributed by atoms with Crippen molar-refractivity contribution in [1.82, 2.24) is 5.32 Å². The Morgan fingerprint density at radius 3 is 2.65 bits per heavy atom. The Kier molecular flexibility index (Phi) is 4.72. The van der Waals surface area contributed by atoms with Crippen molar-refractivity contribution in [2.45, 2.75) is 12.3 Å². The van der Waals surface area contributed by atoms with Crippen LogP contribution >= 0.6 is 23.2 Å². The molecule has 17 heavy (non-hydrogen) atoms. The van der Waals surface area contributed by atoms with E-state index in [0.29, 0.717) is 0 Å². The summed E-state index contributed by atoms with van der Waals surface area (Å²) in [5.41, 5.74) is 0.0687. The summed E-state index contributed by atoms with van der Waals surface area (Å²) in [6.45, 7) is 1.42. The van der Waals surface area contributed by atoms with Gasteiger partial charge in [0.1, 0.15) is 11.2 Å². The molecule has 0 radical (unpaired) electrons. The minimum Gasteiger partial charge on any atom is -0.306 e. The van der Waals surface area contributed by atoms with Gasteiger partial charge in [-0.05, 0) is 25.1 Å². The summed E-state index contributed by atoms with van der Waals surface area (Å²) in [7, 11) is 0. The summed E-state index contributed by atoms with van der Waals surface area (Å²) in [5.74, 6) is -1.21. The highest BCUT2D eigenvalue weighted by Gasteiger charge is 2.14. The van der Waals surface area contributed by atoms with Gasteiger partial charge in [0.05, 0.1) is 10.7 Å². The summed E-state index contributed by atoms with van der Waals surface area (Å²) < 4.78 is 12.9. The first-order valence-electron chi connectivity index (χ1n) is 4.61. The van der Waals surface area contributed by atoms with E-state index in [2.05, 4.69) is 5.32 Å². The fraction of sp³-hybridized carbons (Fsp3) is 0.200. The van der Waals surface area contributed by atoms with Crippen LogP contribution in [-0.2, 0) is 4.79 Å². The lowest BCUT2D eigenvalue weighted by atomic mass is 10.3. The molecule has 0 bridgehead atoms. The zero-order valence-electron chi connectivity index (χ0n) is 8.76. The number of nitrogens with one attached hydrogen (secondary N) is 2. The highest BCUT2D eigenvalue weighted by atomic mass is 35.5. The normalized spacial score (nSPS) is 11.8. The maximum Gasteiger partial charge on any atom is 0.325 e. The van der Waals surface area contributed by atoms with E-state index in [9.17, 15) is 14.0 Å². The minimum atomic E-state index is -0.844. The third kappa shape index (κ3) is 4.20. The van der Waals surface area contributed by atoms with E-state index >= 15 is 0 Å². The smallest absolute Gasteiger partial charge is 0.306 e. The van der Waals surface area contributed by atoms with Gasteiger partial charge in [-0.25, -0.2) is 9.18 Å². The molecule has 92 valence electrons. The van der Waals surface area contributed by atoms with E-state index in [-0.39, 0.29) is 10.7 Å². The first-order valence-corrected chi connectivity index (χ1v) is 5.42. The summed E-state index contributed by atoms with van der Waals surface area (Å²) in [5, 5.41) is 3.52. The van der Waals surface area contributed by atoms with Crippen LogP contribution < -0.4 is 10.6 Å². The SMILES string of the molecule is CC(Cl)C(=O)NC(=O)Nc1cc(F)ccc1Cl. The maximum atomic E-state index is 12.9. The average Bonchev–Trinajstić information content (AvgIpc) is 2.23. The Labute approximate surface area is 107 Å². The highest BCUT2D eigenvalue weighted by Crippen LogP contribution is 2.22. The molecule has 0 aliphatic carbocycles. The standard InChI is InChI=1S/C10H9Cl2FN2O2/c1-5(11)9(16)15-10(17)14-8-4-6(13)2-3-7(8)12/h2-5H,1H3,(H2,14,15,16,17). The number of carbonyl (C=O) groups is 2. The van der Waals surface area contributed by atoms with Crippen LogP contribution in [0.25, 0.3) is 0 Å².